The first-order valence-electron chi connectivity index (χ1n) is 6.45. The van der Waals surface area contributed by atoms with Crippen molar-refractivity contribution in [3.63, 3.8) is 0 Å². The van der Waals surface area contributed by atoms with Gasteiger partial charge in [-0.1, -0.05) is 39.0 Å². The topological polar surface area (TPSA) is 12.0 Å². The lowest BCUT2D eigenvalue weighted by atomic mass is 9.87. The maximum atomic E-state index is 13.0. The van der Waals surface area contributed by atoms with E-state index in [1.54, 1.807) is 13.0 Å². The van der Waals surface area contributed by atoms with Gasteiger partial charge >= 0.3 is 6.18 Å². The van der Waals surface area contributed by atoms with Gasteiger partial charge in [0.25, 0.3) is 0 Å². The number of hydrogen-bond donors (Lipinski definition) is 1. The molecule has 0 radical (unpaired) electrons. The van der Waals surface area contributed by atoms with Gasteiger partial charge in [0.2, 0.25) is 0 Å². The highest BCUT2D eigenvalue weighted by Gasteiger charge is 2.34. The second kappa shape index (κ2) is 5.53. The third-order valence-corrected chi connectivity index (χ3v) is 3.53. The summed E-state index contributed by atoms with van der Waals surface area (Å²) in [5.74, 6) is 0. The molecule has 0 bridgehead atoms. The summed E-state index contributed by atoms with van der Waals surface area (Å²) in [4.78, 5) is 0. The van der Waals surface area contributed by atoms with Gasteiger partial charge in [-0.15, -0.1) is 0 Å². The first kappa shape index (κ1) is 16.0. The summed E-state index contributed by atoms with van der Waals surface area (Å²) in [5.41, 5.74) is -0.260. The molecule has 108 valence electrons. The standard InChI is InChI=1S/C15H22F3N/c1-10(19-11(2)14(3,4)5)12-8-6-7-9-13(12)15(16,17)18/h6-11,19H,1-5H3. The molecule has 0 aromatic heterocycles. The second-order valence-corrected chi connectivity index (χ2v) is 6.06. The van der Waals surface area contributed by atoms with Gasteiger partial charge in [-0.25, -0.2) is 0 Å². The van der Waals surface area contributed by atoms with Crippen LogP contribution in [0.5, 0.6) is 0 Å². The lowest BCUT2D eigenvalue weighted by Crippen LogP contribution is -2.39. The Kier molecular flexibility index (Phi) is 4.67. The highest BCUT2D eigenvalue weighted by atomic mass is 19.4. The number of halogens is 3. The molecule has 2 atom stereocenters. The first-order valence-corrected chi connectivity index (χ1v) is 6.45. The van der Waals surface area contributed by atoms with E-state index in [2.05, 4.69) is 26.1 Å². The van der Waals surface area contributed by atoms with Gasteiger partial charge in [-0.05, 0) is 30.9 Å². The van der Waals surface area contributed by atoms with Gasteiger partial charge in [0, 0.05) is 12.1 Å². The zero-order valence-corrected chi connectivity index (χ0v) is 12.1. The van der Waals surface area contributed by atoms with Crippen molar-refractivity contribution in [1.29, 1.82) is 0 Å². The Hall–Kier alpha value is -1.03. The van der Waals surface area contributed by atoms with Crippen LogP contribution in [0.3, 0.4) is 0 Å². The average Bonchev–Trinajstić information content (AvgIpc) is 2.26. The van der Waals surface area contributed by atoms with Crippen molar-refractivity contribution in [2.45, 2.75) is 52.9 Å². The van der Waals surface area contributed by atoms with Crippen LogP contribution in [0.1, 0.15) is 51.8 Å². The van der Waals surface area contributed by atoms with Crippen LogP contribution in [0, 0.1) is 5.41 Å². The zero-order chi connectivity index (χ0) is 14.8. The summed E-state index contributed by atoms with van der Waals surface area (Å²) in [6.07, 6.45) is -4.31. The van der Waals surface area contributed by atoms with Crippen molar-refractivity contribution < 1.29 is 13.2 Å². The molecule has 1 N–H and O–H groups in total. The van der Waals surface area contributed by atoms with Gasteiger partial charge in [-0.2, -0.15) is 13.2 Å². The Morgan fingerprint density at radius 2 is 1.53 bits per heavy atom. The van der Waals surface area contributed by atoms with Crippen molar-refractivity contribution in [1.82, 2.24) is 5.32 Å². The molecule has 0 saturated heterocycles. The minimum atomic E-state index is -4.31. The molecule has 0 fully saturated rings. The molecule has 0 aliphatic rings. The molecule has 2 unspecified atom stereocenters. The van der Waals surface area contributed by atoms with Crippen LogP contribution in [0.25, 0.3) is 0 Å². The summed E-state index contributed by atoms with van der Waals surface area (Å²) in [6.45, 7) is 9.95. The number of benzene rings is 1. The maximum absolute atomic E-state index is 13.0. The monoisotopic (exact) mass is 273 g/mol. The normalized spacial score (nSPS) is 16.2. The van der Waals surface area contributed by atoms with E-state index in [0.717, 1.165) is 6.07 Å². The van der Waals surface area contributed by atoms with Crippen molar-refractivity contribution in [3.8, 4) is 0 Å². The lowest BCUT2D eigenvalue weighted by molar-refractivity contribution is -0.138. The van der Waals surface area contributed by atoms with E-state index in [0.29, 0.717) is 5.56 Å². The predicted molar refractivity (Wildman–Crippen MR) is 71.9 cm³/mol. The number of hydrogen-bond acceptors (Lipinski definition) is 1. The molecule has 0 aliphatic heterocycles. The third kappa shape index (κ3) is 4.23. The molecule has 0 saturated carbocycles. The Labute approximate surface area is 113 Å². The fraction of sp³-hybridized carbons (Fsp3) is 0.600. The van der Waals surface area contributed by atoms with Crippen molar-refractivity contribution >= 4 is 0 Å². The Morgan fingerprint density at radius 1 is 1.00 bits per heavy atom. The van der Waals surface area contributed by atoms with Gasteiger partial charge in [0.15, 0.2) is 0 Å². The van der Waals surface area contributed by atoms with E-state index in [1.165, 1.54) is 12.1 Å². The van der Waals surface area contributed by atoms with Crippen LogP contribution < -0.4 is 5.32 Å². The highest BCUT2D eigenvalue weighted by molar-refractivity contribution is 5.32. The number of alkyl halides is 3. The quantitative estimate of drug-likeness (QED) is 0.834. The summed E-state index contributed by atoms with van der Waals surface area (Å²) in [6, 6.07) is 5.51. The average molecular weight is 273 g/mol. The number of nitrogens with one attached hydrogen (secondary N) is 1. The van der Waals surface area contributed by atoms with Crippen LogP contribution >= 0.6 is 0 Å². The maximum Gasteiger partial charge on any atom is 0.416 e. The molecular formula is C15H22F3N. The molecule has 0 aliphatic carbocycles. The molecule has 19 heavy (non-hydrogen) atoms. The molecule has 1 rings (SSSR count). The predicted octanol–water partition coefficient (Wildman–Crippen LogP) is 4.79. The minimum absolute atomic E-state index is 0.00142. The van der Waals surface area contributed by atoms with E-state index >= 15 is 0 Å². The lowest BCUT2D eigenvalue weighted by Gasteiger charge is -2.32. The molecule has 0 spiro atoms. The van der Waals surface area contributed by atoms with Gasteiger partial charge in [-0.3, -0.25) is 0 Å². The van der Waals surface area contributed by atoms with Gasteiger partial charge in [0.05, 0.1) is 5.56 Å². The second-order valence-electron chi connectivity index (χ2n) is 6.06. The van der Waals surface area contributed by atoms with Crippen LogP contribution in [-0.4, -0.2) is 6.04 Å². The highest BCUT2D eigenvalue weighted by Crippen LogP contribution is 2.35. The zero-order valence-electron chi connectivity index (χ0n) is 12.1. The minimum Gasteiger partial charge on any atom is -0.307 e. The number of rotatable bonds is 3. The SMILES string of the molecule is CC(NC(C)C(C)(C)C)c1ccccc1C(F)(F)F. The van der Waals surface area contributed by atoms with Gasteiger partial charge in [0.1, 0.15) is 0 Å². The first-order chi connectivity index (χ1) is 8.53. The molecular weight excluding hydrogens is 251 g/mol. The fourth-order valence-corrected chi connectivity index (χ4v) is 1.85. The van der Waals surface area contributed by atoms with Crippen LogP contribution in [0.15, 0.2) is 24.3 Å². The molecule has 4 heteroatoms. The van der Waals surface area contributed by atoms with Crippen molar-refractivity contribution in [2.75, 3.05) is 0 Å². The third-order valence-electron chi connectivity index (χ3n) is 3.53. The van der Waals surface area contributed by atoms with Gasteiger partial charge < -0.3 is 5.32 Å². The summed E-state index contributed by atoms with van der Waals surface area (Å²) >= 11 is 0. The molecule has 1 aromatic rings. The summed E-state index contributed by atoms with van der Waals surface area (Å²) < 4.78 is 38.9. The summed E-state index contributed by atoms with van der Waals surface area (Å²) in [5, 5.41) is 3.25. The van der Waals surface area contributed by atoms with Crippen LogP contribution in [0.4, 0.5) is 13.2 Å². The molecule has 0 amide bonds. The van der Waals surface area contributed by atoms with E-state index in [9.17, 15) is 13.2 Å². The Balaban J connectivity index is 2.98. The molecule has 1 nitrogen and oxygen atoms in total. The van der Waals surface area contributed by atoms with E-state index in [1.807, 2.05) is 6.92 Å². The molecule has 0 heterocycles. The van der Waals surface area contributed by atoms with E-state index < -0.39 is 11.7 Å². The van der Waals surface area contributed by atoms with Crippen LogP contribution in [-0.2, 0) is 6.18 Å². The fourth-order valence-electron chi connectivity index (χ4n) is 1.85. The van der Waals surface area contributed by atoms with Crippen LogP contribution in [0.2, 0.25) is 0 Å². The van der Waals surface area contributed by atoms with Crippen molar-refractivity contribution in [2.24, 2.45) is 5.41 Å². The Bertz CT molecular complexity index is 418. The smallest absolute Gasteiger partial charge is 0.307 e. The van der Waals surface area contributed by atoms with E-state index in [4.69, 9.17) is 0 Å². The Morgan fingerprint density at radius 3 is 2.00 bits per heavy atom. The largest absolute Gasteiger partial charge is 0.416 e. The molecule has 1 aromatic carbocycles. The van der Waals surface area contributed by atoms with E-state index in [-0.39, 0.29) is 17.5 Å². The van der Waals surface area contributed by atoms with Crippen molar-refractivity contribution in [3.05, 3.63) is 35.4 Å². The summed E-state index contributed by atoms with van der Waals surface area (Å²) in [7, 11) is 0.